The van der Waals surface area contributed by atoms with E-state index in [-0.39, 0.29) is 18.9 Å². The first kappa shape index (κ1) is 15.8. The van der Waals surface area contributed by atoms with Crippen LogP contribution in [0.2, 0.25) is 0 Å². The van der Waals surface area contributed by atoms with Gasteiger partial charge in [-0.3, -0.25) is 10.1 Å². The van der Waals surface area contributed by atoms with Crippen molar-refractivity contribution in [1.82, 2.24) is 10.6 Å². The van der Waals surface area contributed by atoms with Gasteiger partial charge in [0, 0.05) is 12.5 Å². The highest BCUT2D eigenvalue weighted by molar-refractivity contribution is 5.78. The Labute approximate surface area is 111 Å². The quantitative estimate of drug-likeness (QED) is 0.638. The Balaban J connectivity index is 2.31. The molecule has 0 saturated carbocycles. The fourth-order valence-corrected chi connectivity index (χ4v) is 1.68. The Bertz CT molecular complexity index is 373. The first-order valence-corrected chi connectivity index (χ1v) is 6.22. The number of hydrogen-bond donors (Lipinski definition) is 3. The van der Waals surface area contributed by atoms with E-state index in [0.29, 0.717) is 6.54 Å². The minimum Gasteiger partial charge on any atom is -0.379 e. The molecule has 4 nitrogen and oxygen atoms in total. The number of carbonyl (C=O) groups is 1. The number of hydrogen-bond acceptors (Lipinski definition) is 3. The standard InChI is InChI=1S/C13H20F2N2O2/c1-9(18)16-8-12(19)17-7-10-3-5-11(6-4-10)13(2,14)15/h3-5,9,11,16,18H,6-8H2,1-2H3,(H,17,19). The fourth-order valence-electron chi connectivity index (χ4n) is 1.68. The van der Waals surface area contributed by atoms with Crippen molar-refractivity contribution in [2.75, 3.05) is 13.1 Å². The molecule has 6 heteroatoms. The number of alkyl halides is 2. The molecule has 0 bridgehead atoms. The van der Waals surface area contributed by atoms with Gasteiger partial charge in [0.05, 0.1) is 6.54 Å². The SMILES string of the molecule is CC(O)NCC(=O)NCC1=CCC(C(C)(F)F)C=C1. The summed E-state index contributed by atoms with van der Waals surface area (Å²) >= 11 is 0. The molecule has 1 rings (SSSR count). The highest BCUT2D eigenvalue weighted by Crippen LogP contribution is 2.31. The van der Waals surface area contributed by atoms with Crippen LogP contribution in [0.3, 0.4) is 0 Å². The highest BCUT2D eigenvalue weighted by Gasteiger charge is 2.32. The molecule has 1 aliphatic rings. The van der Waals surface area contributed by atoms with Crippen LogP contribution < -0.4 is 10.6 Å². The van der Waals surface area contributed by atoms with Crippen molar-refractivity contribution in [2.24, 2.45) is 5.92 Å². The van der Waals surface area contributed by atoms with Crippen molar-refractivity contribution in [3.05, 3.63) is 23.8 Å². The summed E-state index contributed by atoms with van der Waals surface area (Å²) in [6.07, 6.45) is 4.34. The van der Waals surface area contributed by atoms with Gasteiger partial charge in [-0.15, -0.1) is 0 Å². The van der Waals surface area contributed by atoms with Crippen molar-refractivity contribution >= 4 is 5.91 Å². The summed E-state index contributed by atoms with van der Waals surface area (Å²) in [4.78, 5) is 11.4. The maximum Gasteiger partial charge on any atom is 0.251 e. The zero-order valence-electron chi connectivity index (χ0n) is 11.1. The zero-order chi connectivity index (χ0) is 14.5. The summed E-state index contributed by atoms with van der Waals surface area (Å²) in [7, 11) is 0. The summed E-state index contributed by atoms with van der Waals surface area (Å²) in [5.41, 5.74) is 0.811. The monoisotopic (exact) mass is 274 g/mol. The van der Waals surface area contributed by atoms with Gasteiger partial charge in [-0.2, -0.15) is 0 Å². The lowest BCUT2D eigenvalue weighted by Gasteiger charge is -2.22. The van der Waals surface area contributed by atoms with E-state index in [1.54, 1.807) is 12.2 Å². The number of halogens is 2. The zero-order valence-corrected chi connectivity index (χ0v) is 11.1. The number of amides is 1. The van der Waals surface area contributed by atoms with Crippen LogP contribution in [-0.2, 0) is 4.79 Å². The minimum absolute atomic E-state index is 0.0182. The van der Waals surface area contributed by atoms with Gasteiger partial charge in [0.1, 0.15) is 6.23 Å². The number of carbonyl (C=O) groups excluding carboxylic acids is 1. The average molecular weight is 274 g/mol. The topological polar surface area (TPSA) is 61.4 Å². The van der Waals surface area contributed by atoms with E-state index < -0.39 is 18.1 Å². The van der Waals surface area contributed by atoms with Crippen LogP contribution in [0.15, 0.2) is 23.8 Å². The normalized spacial score (nSPS) is 20.9. The first-order chi connectivity index (χ1) is 8.79. The van der Waals surface area contributed by atoms with Crippen LogP contribution in [0.5, 0.6) is 0 Å². The molecule has 0 aliphatic heterocycles. The maximum absolute atomic E-state index is 13.0. The Hall–Kier alpha value is -1.27. The average Bonchev–Trinajstić information content (AvgIpc) is 2.33. The highest BCUT2D eigenvalue weighted by atomic mass is 19.3. The second kappa shape index (κ2) is 6.77. The molecule has 0 aromatic carbocycles. The molecule has 3 N–H and O–H groups in total. The van der Waals surface area contributed by atoms with E-state index in [9.17, 15) is 13.6 Å². The predicted molar refractivity (Wildman–Crippen MR) is 68.6 cm³/mol. The molecule has 1 amide bonds. The van der Waals surface area contributed by atoms with E-state index in [0.717, 1.165) is 12.5 Å². The van der Waals surface area contributed by atoms with Gasteiger partial charge >= 0.3 is 0 Å². The number of aliphatic hydroxyl groups is 1. The van der Waals surface area contributed by atoms with Crippen LogP contribution in [-0.4, -0.2) is 36.3 Å². The summed E-state index contributed by atoms with van der Waals surface area (Å²) < 4.78 is 26.1. The fraction of sp³-hybridized carbons (Fsp3) is 0.615. The molecule has 2 unspecified atom stereocenters. The molecule has 0 fully saturated rings. The maximum atomic E-state index is 13.0. The van der Waals surface area contributed by atoms with E-state index in [2.05, 4.69) is 10.6 Å². The third-order valence-electron chi connectivity index (χ3n) is 2.88. The number of aliphatic hydroxyl groups excluding tert-OH is 1. The molecule has 0 aromatic rings. The number of nitrogens with one attached hydrogen (secondary N) is 2. The second-order valence-corrected chi connectivity index (χ2v) is 4.77. The van der Waals surface area contributed by atoms with Crippen LogP contribution >= 0.6 is 0 Å². The Morgan fingerprint density at radius 3 is 2.79 bits per heavy atom. The lowest BCUT2D eigenvalue weighted by molar-refractivity contribution is -0.120. The number of allylic oxidation sites excluding steroid dienone is 2. The van der Waals surface area contributed by atoms with Crippen LogP contribution in [0.1, 0.15) is 20.3 Å². The van der Waals surface area contributed by atoms with E-state index in [1.807, 2.05) is 0 Å². The lowest BCUT2D eigenvalue weighted by atomic mass is 9.92. The minimum atomic E-state index is -2.72. The van der Waals surface area contributed by atoms with Gasteiger partial charge in [0.25, 0.3) is 5.92 Å². The lowest BCUT2D eigenvalue weighted by Crippen LogP contribution is -2.38. The van der Waals surface area contributed by atoms with Crippen molar-refractivity contribution in [3.8, 4) is 0 Å². The summed E-state index contributed by atoms with van der Waals surface area (Å²) in [5.74, 6) is -3.75. The largest absolute Gasteiger partial charge is 0.379 e. The molecular weight excluding hydrogens is 254 g/mol. The van der Waals surface area contributed by atoms with Crippen LogP contribution in [0.25, 0.3) is 0 Å². The van der Waals surface area contributed by atoms with Gasteiger partial charge in [-0.1, -0.05) is 18.2 Å². The van der Waals surface area contributed by atoms with E-state index in [1.165, 1.54) is 13.0 Å². The Morgan fingerprint density at radius 2 is 2.32 bits per heavy atom. The smallest absolute Gasteiger partial charge is 0.251 e. The van der Waals surface area contributed by atoms with Crippen LogP contribution in [0.4, 0.5) is 8.78 Å². The Kier molecular flexibility index (Phi) is 5.62. The third kappa shape index (κ3) is 5.94. The molecule has 0 heterocycles. The first-order valence-electron chi connectivity index (χ1n) is 6.22. The molecular formula is C13H20F2N2O2. The summed E-state index contributed by atoms with van der Waals surface area (Å²) in [6, 6.07) is 0. The van der Waals surface area contributed by atoms with Gasteiger partial charge in [0.2, 0.25) is 5.91 Å². The molecule has 2 atom stereocenters. The van der Waals surface area contributed by atoms with Gasteiger partial charge < -0.3 is 10.4 Å². The molecule has 108 valence electrons. The van der Waals surface area contributed by atoms with Crippen molar-refractivity contribution in [2.45, 2.75) is 32.4 Å². The van der Waals surface area contributed by atoms with Crippen molar-refractivity contribution < 1.29 is 18.7 Å². The van der Waals surface area contributed by atoms with Crippen molar-refractivity contribution in [3.63, 3.8) is 0 Å². The molecule has 0 radical (unpaired) electrons. The Morgan fingerprint density at radius 1 is 1.63 bits per heavy atom. The molecule has 0 spiro atoms. The van der Waals surface area contributed by atoms with Gasteiger partial charge in [-0.05, 0) is 25.8 Å². The molecule has 1 aliphatic carbocycles. The van der Waals surface area contributed by atoms with E-state index in [4.69, 9.17) is 5.11 Å². The van der Waals surface area contributed by atoms with Gasteiger partial charge in [-0.25, -0.2) is 8.78 Å². The molecule has 19 heavy (non-hydrogen) atoms. The third-order valence-corrected chi connectivity index (χ3v) is 2.88. The molecule has 0 saturated heterocycles. The second-order valence-electron chi connectivity index (χ2n) is 4.77. The van der Waals surface area contributed by atoms with Gasteiger partial charge in [0.15, 0.2) is 0 Å². The predicted octanol–water partition coefficient (Wildman–Crippen LogP) is 1.19. The summed E-state index contributed by atoms with van der Waals surface area (Å²) in [5, 5.41) is 14.1. The number of rotatable bonds is 6. The van der Waals surface area contributed by atoms with Crippen LogP contribution in [0, 0.1) is 5.92 Å². The summed E-state index contributed by atoms with van der Waals surface area (Å²) in [6.45, 7) is 2.75. The van der Waals surface area contributed by atoms with Crippen molar-refractivity contribution in [1.29, 1.82) is 0 Å². The van der Waals surface area contributed by atoms with E-state index >= 15 is 0 Å². The molecule has 0 aromatic heterocycles.